The van der Waals surface area contributed by atoms with Gasteiger partial charge in [-0.1, -0.05) is 11.6 Å². The average Bonchev–Trinajstić information content (AvgIpc) is 2.55. The SMILES string of the molecule is Cc1cc(OCCCC(=O)Nc2cnccc2CO)ccc1Cl. The molecule has 0 spiro atoms. The van der Waals surface area contributed by atoms with E-state index in [0.717, 1.165) is 11.3 Å². The number of nitrogens with one attached hydrogen (secondary N) is 1. The van der Waals surface area contributed by atoms with Gasteiger partial charge in [0.05, 0.1) is 25.1 Å². The first-order valence-electron chi connectivity index (χ1n) is 7.32. The van der Waals surface area contributed by atoms with Crippen LogP contribution in [0.5, 0.6) is 5.75 Å². The molecule has 5 nitrogen and oxygen atoms in total. The molecule has 0 aliphatic rings. The maximum atomic E-state index is 11.9. The van der Waals surface area contributed by atoms with Gasteiger partial charge in [-0.3, -0.25) is 9.78 Å². The van der Waals surface area contributed by atoms with E-state index in [2.05, 4.69) is 10.3 Å². The standard InChI is InChI=1S/C17H19ClN2O3/c1-12-9-14(4-5-15(12)18)23-8-2-3-17(22)20-16-10-19-7-6-13(16)11-21/h4-7,9-10,21H,2-3,8,11H2,1H3,(H,20,22). The Kier molecular flexibility index (Phi) is 6.38. The highest BCUT2D eigenvalue weighted by Crippen LogP contribution is 2.21. The third kappa shape index (κ3) is 5.23. The van der Waals surface area contributed by atoms with Crippen LogP contribution >= 0.6 is 11.6 Å². The summed E-state index contributed by atoms with van der Waals surface area (Å²) in [4.78, 5) is 15.8. The highest BCUT2D eigenvalue weighted by molar-refractivity contribution is 6.31. The first-order valence-corrected chi connectivity index (χ1v) is 7.70. The average molecular weight is 335 g/mol. The predicted molar refractivity (Wildman–Crippen MR) is 89.7 cm³/mol. The fourth-order valence-electron chi connectivity index (χ4n) is 2.02. The lowest BCUT2D eigenvalue weighted by molar-refractivity contribution is -0.116. The van der Waals surface area contributed by atoms with E-state index in [0.29, 0.717) is 35.7 Å². The van der Waals surface area contributed by atoms with Crippen LogP contribution < -0.4 is 10.1 Å². The van der Waals surface area contributed by atoms with Crippen molar-refractivity contribution in [1.82, 2.24) is 4.98 Å². The largest absolute Gasteiger partial charge is 0.494 e. The minimum atomic E-state index is -0.142. The molecule has 1 aromatic heterocycles. The summed E-state index contributed by atoms with van der Waals surface area (Å²) in [5.41, 5.74) is 2.13. The van der Waals surface area contributed by atoms with E-state index in [9.17, 15) is 9.90 Å². The summed E-state index contributed by atoms with van der Waals surface area (Å²) >= 11 is 5.95. The number of carbonyl (C=O) groups excluding carboxylic acids is 1. The van der Waals surface area contributed by atoms with Gasteiger partial charge in [-0.2, -0.15) is 0 Å². The molecule has 0 saturated carbocycles. The van der Waals surface area contributed by atoms with Crippen molar-refractivity contribution in [3.8, 4) is 5.75 Å². The van der Waals surface area contributed by atoms with Gasteiger partial charge in [0.15, 0.2) is 0 Å². The second kappa shape index (κ2) is 8.50. The number of aliphatic hydroxyl groups excluding tert-OH is 1. The minimum Gasteiger partial charge on any atom is -0.494 e. The Morgan fingerprint density at radius 3 is 2.96 bits per heavy atom. The predicted octanol–water partition coefficient (Wildman–Crippen LogP) is 3.33. The molecule has 23 heavy (non-hydrogen) atoms. The number of aliphatic hydroxyl groups is 1. The van der Waals surface area contributed by atoms with E-state index >= 15 is 0 Å². The third-order valence-electron chi connectivity index (χ3n) is 3.30. The van der Waals surface area contributed by atoms with E-state index in [-0.39, 0.29) is 12.5 Å². The van der Waals surface area contributed by atoms with E-state index in [1.54, 1.807) is 24.4 Å². The number of amides is 1. The van der Waals surface area contributed by atoms with Crippen molar-refractivity contribution in [3.63, 3.8) is 0 Å². The summed E-state index contributed by atoms with van der Waals surface area (Å²) < 4.78 is 5.60. The number of rotatable bonds is 7. The van der Waals surface area contributed by atoms with Crippen molar-refractivity contribution in [2.24, 2.45) is 0 Å². The van der Waals surface area contributed by atoms with Crippen molar-refractivity contribution in [2.75, 3.05) is 11.9 Å². The van der Waals surface area contributed by atoms with Crippen LogP contribution in [0, 0.1) is 6.92 Å². The molecular formula is C17H19ClN2O3. The summed E-state index contributed by atoms with van der Waals surface area (Å²) in [6, 6.07) is 7.13. The molecule has 0 aliphatic heterocycles. The van der Waals surface area contributed by atoms with Crippen molar-refractivity contribution < 1.29 is 14.6 Å². The molecule has 1 amide bonds. The molecule has 0 bridgehead atoms. The zero-order valence-corrected chi connectivity index (χ0v) is 13.6. The second-order valence-corrected chi connectivity index (χ2v) is 5.51. The summed E-state index contributed by atoms with van der Waals surface area (Å²) in [7, 11) is 0. The number of ether oxygens (including phenoxy) is 1. The fourth-order valence-corrected chi connectivity index (χ4v) is 2.13. The van der Waals surface area contributed by atoms with Crippen LogP contribution in [0.4, 0.5) is 5.69 Å². The van der Waals surface area contributed by atoms with Crippen LogP contribution in [-0.4, -0.2) is 22.6 Å². The first kappa shape index (κ1) is 17.2. The summed E-state index contributed by atoms with van der Waals surface area (Å²) in [5.74, 6) is 0.603. The molecule has 1 heterocycles. The van der Waals surface area contributed by atoms with Crippen molar-refractivity contribution in [1.29, 1.82) is 0 Å². The summed E-state index contributed by atoms with van der Waals surface area (Å²) in [6.45, 7) is 2.21. The van der Waals surface area contributed by atoms with Crippen molar-refractivity contribution in [2.45, 2.75) is 26.4 Å². The zero-order chi connectivity index (χ0) is 16.7. The number of pyridine rings is 1. The van der Waals surface area contributed by atoms with Crippen molar-refractivity contribution in [3.05, 3.63) is 52.8 Å². The summed E-state index contributed by atoms with van der Waals surface area (Å²) in [6.07, 6.45) is 4.01. The lowest BCUT2D eigenvalue weighted by Crippen LogP contribution is -2.14. The smallest absolute Gasteiger partial charge is 0.224 e. The number of halogens is 1. The maximum absolute atomic E-state index is 11.9. The van der Waals surface area contributed by atoms with Crippen LogP contribution in [0.15, 0.2) is 36.7 Å². The van der Waals surface area contributed by atoms with Crippen LogP contribution in [0.3, 0.4) is 0 Å². The van der Waals surface area contributed by atoms with Gasteiger partial charge in [-0.15, -0.1) is 0 Å². The molecule has 2 aromatic rings. The van der Waals surface area contributed by atoms with E-state index in [4.69, 9.17) is 16.3 Å². The Bertz CT molecular complexity index is 677. The third-order valence-corrected chi connectivity index (χ3v) is 3.73. The van der Waals surface area contributed by atoms with Gasteiger partial charge < -0.3 is 15.2 Å². The van der Waals surface area contributed by atoms with Crippen LogP contribution in [-0.2, 0) is 11.4 Å². The molecule has 0 unspecified atom stereocenters. The van der Waals surface area contributed by atoms with Crippen LogP contribution in [0.1, 0.15) is 24.0 Å². The number of hydrogen-bond donors (Lipinski definition) is 2. The monoisotopic (exact) mass is 334 g/mol. The van der Waals surface area contributed by atoms with E-state index in [1.807, 2.05) is 13.0 Å². The fraction of sp³-hybridized carbons (Fsp3) is 0.294. The van der Waals surface area contributed by atoms with Gasteiger partial charge >= 0.3 is 0 Å². The normalized spacial score (nSPS) is 10.4. The lowest BCUT2D eigenvalue weighted by atomic mass is 10.2. The molecule has 0 aliphatic carbocycles. The molecular weight excluding hydrogens is 316 g/mol. The highest BCUT2D eigenvalue weighted by Gasteiger charge is 2.07. The first-order chi connectivity index (χ1) is 11.1. The Morgan fingerprint density at radius 2 is 2.22 bits per heavy atom. The van der Waals surface area contributed by atoms with Gasteiger partial charge in [-0.25, -0.2) is 0 Å². The number of aryl methyl sites for hydroxylation is 1. The number of nitrogens with zero attached hydrogens (tertiary/aromatic N) is 1. The van der Waals surface area contributed by atoms with Gasteiger partial charge in [0.2, 0.25) is 5.91 Å². The van der Waals surface area contributed by atoms with E-state index < -0.39 is 0 Å². The Morgan fingerprint density at radius 1 is 1.39 bits per heavy atom. The van der Waals surface area contributed by atoms with Gasteiger partial charge in [-0.05, 0) is 43.2 Å². The Hall–Kier alpha value is -2.11. The summed E-state index contributed by atoms with van der Waals surface area (Å²) in [5, 5.41) is 12.6. The van der Waals surface area contributed by atoms with Crippen LogP contribution in [0.2, 0.25) is 5.02 Å². The number of hydrogen-bond acceptors (Lipinski definition) is 4. The molecule has 2 rings (SSSR count). The number of anilines is 1. The molecule has 6 heteroatoms. The second-order valence-electron chi connectivity index (χ2n) is 5.10. The van der Waals surface area contributed by atoms with Gasteiger partial charge in [0.25, 0.3) is 0 Å². The highest BCUT2D eigenvalue weighted by atomic mass is 35.5. The van der Waals surface area contributed by atoms with Gasteiger partial charge in [0, 0.05) is 23.2 Å². The van der Waals surface area contributed by atoms with Crippen molar-refractivity contribution >= 4 is 23.2 Å². The molecule has 0 saturated heterocycles. The molecule has 1 aromatic carbocycles. The molecule has 2 N–H and O–H groups in total. The Balaban J connectivity index is 1.75. The number of carbonyl (C=O) groups is 1. The Labute approximate surface area is 140 Å². The minimum absolute atomic E-state index is 0.136. The maximum Gasteiger partial charge on any atom is 0.224 e. The molecule has 0 atom stereocenters. The number of aromatic nitrogens is 1. The number of benzene rings is 1. The molecule has 0 radical (unpaired) electrons. The topological polar surface area (TPSA) is 71.5 Å². The zero-order valence-electron chi connectivity index (χ0n) is 12.9. The quantitative estimate of drug-likeness (QED) is 0.762. The van der Waals surface area contributed by atoms with Gasteiger partial charge in [0.1, 0.15) is 5.75 Å². The van der Waals surface area contributed by atoms with E-state index in [1.165, 1.54) is 6.20 Å². The molecule has 0 fully saturated rings. The molecule has 122 valence electrons. The lowest BCUT2D eigenvalue weighted by Gasteiger charge is -2.10. The van der Waals surface area contributed by atoms with Crippen LogP contribution in [0.25, 0.3) is 0 Å².